The lowest BCUT2D eigenvalue weighted by atomic mass is 10.1. The Hall–Kier alpha value is -1.16. The number of thioether (sulfide) groups is 1. The highest BCUT2D eigenvalue weighted by Gasteiger charge is 2.05. The number of hydrogen-bond donors (Lipinski definition) is 1. The van der Waals surface area contributed by atoms with E-state index in [4.69, 9.17) is 9.84 Å². The van der Waals surface area contributed by atoms with Crippen molar-refractivity contribution >= 4 is 17.7 Å². The molecular weight excluding hydrogens is 200 g/mol. The summed E-state index contributed by atoms with van der Waals surface area (Å²) in [5.41, 5.74) is 0.757. The second-order valence-electron chi connectivity index (χ2n) is 2.76. The normalized spacial score (nSPS) is 9.86. The van der Waals surface area contributed by atoms with Gasteiger partial charge in [-0.2, -0.15) is 0 Å². The van der Waals surface area contributed by atoms with Crippen LogP contribution in [0.1, 0.15) is 5.56 Å². The molecule has 0 atom stereocenters. The molecule has 0 spiro atoms. The first-order chi connectivity index (χ1) is 6.67. The van der Waals surface area contributed by atoms with E-state index in [9.17, 15) is 4.79 Å². The summed E-state index contributed by atoms with van der Waals surface area (Å²) in [4.78, 5) is 11.5. The first-order valence-electron chi connectivity index (χ1n) is 4.10. The number of rotatable bonds is 4. The fraction of sp³-hybridized carbons (Fsp3) is 0.300. The molecule has 0 saturated heterocycles. The van der Waals surface area contributed by atoms with Crippen LogP contribution in [0.2, 0.25) is 0 Å². The van der Waals surface area contributed by atoms with Gasteiger partial charge in [0.05, 0.1) is 13.5 Å². The second kappa shape index (κ2) is 4.91. The summed E-state index contributed by atoms with van der Waals surface area (Å²) in [7, 11) is 1.58. The maximum absolute atomic E-state index is 10.5. The maximum Gasteiger partial charge on any atom is 0.307 e. The molecule has 0 saturated carbocycles. The van der Waals surface area contributed by atoms with Gasteiger partial charge in [0.15, 0.2) is 0 Å². The van der Waals surface area contributed by atoms with Crippen molar-refractivity contribution in [2.75, 3.05) is 13.4 Å². The third kappa shape index (κ3) is 2.67. The molecule has 1 aromatic carbocycles. The molecule has 0 aliphatic heterocycles. The van der Waals surface area contributed by atoms with E-state index in [0.29, 0.717) is 0 Å². The summed E-state index contributed by atoms with van der Waals surface area (Å²) >= 11 is 1.58. The molecule has 0 unspecified atom stereocenters. The van der Waals surface area contributed by atoms with Gasteiger partial charge in [0.1, 0.15) is 5.75 Å². The van der Waals surface area contributed by atoms with Crippen LogP contribution in [0.4, 0.5) is 0 Å². The fourth-order valence-electron chi connectivity index (χ4n) is 1.17. The van der Waals surface area contributed by atoms with Gasteiger partial charge in [0, 0.05) is 4.90 Å². The first kappa shape index (κ1) is 10.9. The molecule has 76 valence electrons. The average molecular weight is 212 g/mol. The molecular formula is C10H12O3S. The van der Waals surface area contributed by atoms with Gasteiger partial charge in [-0.1, -0.05) is 6.07 Å². The molecule has 0 radical (unpaired) electrons. The highest BCUT2D eigenvalue weighted by atomic mass is 32.2. The molecule has 1 rings (SSSR count). The van der Waals surface area contributed by atoms with Crippen LogP contribution in [-0.4, -0.2) is 24.4 Å². The van der Waals surface area contributed by atoms with Crippen LogP contribution in [-0.2, 0) is 11.2 Å². The first-order valence-corrected chi connectivity index (χ1v) is 5.32. The topological polar surface area (TPSA) is 46.5 Å². The standard InChI is InChI=1S/C10H12O3S/c1-13-8-5-7(6-10(11)12)3-4-9(8)14-2/h3-5H,6H2,1-2H3,(H,11,12). The predicted molar refractivity (Wildman–Crippen MR) is 56.1 cm³/mol. The van der Waals surface area contributed by atoms with Crippen molar-refractivity contribution in [2.45, 2.75) is 11.3 Å². The summed E-state index contributed by atoms with van der Waals surface area (Å²) in [6.07, 6.45) is 1.99. The van der Waals surface area contributed by atoms with Crippen LogP contribution < -0.4 is 4.74 Å². The number of aliphatic carboxylic acids is 1. The minimum absolute atomic E-state index is 0.0328. The van der Waals surface area contributed by atoms with Crippen molar-refractivity contribution in [1.82, 2.24) is 0 Å². The number of methoxy groups -OCH3 is 1. The number of carboxylic acid groups (broad SMARTS) is 1. The summed E-state index contributed by atoms with van der Waals surface area (Å²) < 4.78 is 5.14. The van der Waals surface area contributed by atoms with E-state index in [1.165, 1.54) is 0 Å². The van der Waals surface area contributed by atoms with E-state index in [-0.39, 0.29) is 6.42 Å². The highest BCUT2D eigenvalue weighted by Crippen LogP contribution is 2.28. The molecule has 1 N–H and O–H groups in total. The van der Waals surface area contributed by atoms with E-state index in [2.05, 4.69) is 0 Å². The van der Waals surface area contributed by atoms with Crippen LogP contribution in [0.25, 0.3) is 0 Å². The van der Waals surface area contributed by atoms with Crippen LogP contribution in [0.15, 0.2) is 23.1 Å². The number of benzene rings is 1. The van der Waals surface area contributed by atoms with Crippen molar-refractivity contribution in [2.24, 2.45) is 0 Å². The van der Waals surface area contributed by atoms with Gasteiger partial charge >= 0.3 is 5.97 Å². The summed E-state index contributed by atoms with van der Waals surface area (Å²) in [5, 5.41) is 8.61. The van der Waals surface area contributed by atoms with Crippen LogP contribution in [0.5, 0.6) is 5.75 Å². The van der Waals surface area contributed by atoms with Gasteiger partial charge in [0.25, 0.3) is 0 Å². The van der Waals surface area contributed by atoms with Crippen molar-refractivity contribution in [3.8, 4) is 5.75 Å². The second-order valence-corrected chi connectivity index (χ2v) is 3.61. The quantitative estimate of drug-likeness (QED) is 0.776. The Labute approximate surface area is 87.1 Å². The van der Waals surface area contributed by atoms with E-state index in [0.717, 1.165) is 16.2 Å². The van der Waals surface area contributed by atoms with Crippen molar-refractivity contribution in [1.29, 1.82) is 0 Å². The fourth-order valence-corrected chi connectivity index (χ4v) is 1.71. The lowest BCUT2D eigenvalue weighted by Crippen LogP contribution is -2.00. The Morgan fingerprint density at radius 3 is 2.79 bits per heavy atom. The van der Waals surface area contributed by atoms with Crippen LogP contribution in [0, 0.1) is 0 Å². The SMILES string of the molecule is COc1cc(CC(=O)O)ccc1SC. The Bertz CT molecular complexity index is 336. The zero-order valence-electron chi connectivity index (χ0n) is 8.11. The Morgan fingerprint density at radius 2 is 2.29 bits per heavy atom. The number of ether oxygens (including phenoxy) is 1. The molecule has 4 heteroatoms. The van der Waals surface area contributed by atoms with Gasteiger partial charge in [-0.25, -0.2) is 0 Å². The zero-order valence-corrected chi connectivity index (χ0v) is 8.93. The zero-order chi connectivity index (χ0) is 10.6. The van der Waals surface area contributed by atoms with E-state index in [1.54, 1.807) is 24.9 Å². The van der Waals surface area contributed by atoms with Gasteiger partial charge in [0.2, 0.25) is 0 Å². The maximum atomic E-state index is 10.5. The Balaban J connectivity index is 2.95. The number of hydrogen-bond acceptors (Lipinski definition) is 3. The molecule has 0 aliphatic rings. The van der Waals surface area contributed by atoms with Crippen LogP contribution in [0.3, 0.4) is 0 Å². The van der Waals surface area contributed by atoms with Crippen molar-refractivity contribution in [3.05, 3.63) is 23.8 Å². The van der Waals surface area contributed by atoms with Crippen LogP contribution >= 0.6 is 11.8 Å². The van der Waals surface area contributed by atoms with Gasteiger partial charge in [-0.05, 0) is 24.0 Å². The molecule has 14 heavy (non-hydrogen) atoms. The molecule has 0 heterocycles. The number of carbonyl (C=O) groups is 1. The average Bonchev–Trinajstić information content (AvgIpc) is 2.16. The summed E-state index contributed by atoms with van der Waals surface area (Å²) in [6.45, 7) is 0. The molecule has 0 fully saturated rings. The minimum atomic E-state index is -0.830. The summed E-state index contributed by atoms with van der Waals surface area (Å²) in [6, 6.07) is 5.45. The highest BCUT2D eigenvalue weighted by molar-refractivity contribution is 7.98. The molecule has 1 aromatic rings. The lowest BCUT2D eigenvalue weighted by molar-refractivity contribution is -0.136. The molecule has 0 bridgehead atoms. The molecule has 0 amide bonds. The van der Waals surface area contributed by atoms with E-state index >= 15 is 0 Å². The monoisotopic (exact) mass is 212 g/mol. The Kier molecular flexibility index (Phi) is 3.83. The summed E-state index contributed by atoms with van der Waals surface area (Å²) in [5.74, 6) is -0.0970. The Morgan fingerprint density at radius 1 is 1.57 bits per heavy atom. The largest absolute Gasteiger partial charge is 0.496 e. The molecule has 0 aliphatic carbocycles. The lowest BCUT2D eigenvalue weighted by Gasteiger charge is -2.07. The third-order valence-corrected chi connectivity index (χ3v) is 2.58. The molecule has 3 nitrogen and oxygen atoms in total. The van der Waals surface area contributed by atoms with Gasteiger partial charge < -0.3 is 9.84 Å². The van der Waals surface area contributed by atoms with Gasteiger partial charge in [-0.15, -0.1) is 11.8 Å². The smallest absolute Gasteiger partial charge is 0.307 e. The minimum Gasteiger partial charge on any atom is -0.496 e. The predicted octanol–water partition coefficient (Wildman–Crippen LogP) is 2.04. The third-order valence-electron chi connectivity index (χ3n) is 1.80. The van der Waals surface area contributed by atoms with E-state index in [1.807, 2.05) is 18.4 Å². The molecule has 0 aromatic heterocycles. The van der Waals surface area contributed by atoms with Crippen molar-refractivity contribution < 1.29 is 14.6 Å². The van der Waals surface area contributed by atoms with Gasteiger partial charge in [-0.3, -0.25) is 4.79 Å². The number of carboxylic acids is 1. The van der Waals surface area contributed by atoms with Crippen molar-refractivity contribution in [3.63, 3.8) is 0 Å². The van der Waals surface area contributed by atoms with E-state index < -0.39 is 5.97 Å².